The van der Waals surface area contributed by atoms with Gasteiger partial charge in [-0.1, -0.05) is 0 Å². The normalized spacial score (nSPS) is 14.8. The number of nitrogens with zero attached hydrogens (tertiary/aromatic N) is 1. The van der Waals surface area contributed by atoms with Crippen LogP contribution in [0.4, 0.5) is 0 Å². The number of benzene rings is 1. The predicted molar refractivity (Wildman–Crippen MR) is 78.9 cm³/mol. The molecule has 0 aromatic heterocycles. The van der Waals surface area contributed by atoms with Crippen LogP contribution in [-0.4, -0.2) is 32.4 Å². The topological polar surface area (TPSA) is 104 Å². The Morgan fingerprint density at radius 2 is 1.81 bits per heavy atom. The van der Waals surface area contributed by atoms with Crippen molar-refractivity contribution in [3.8, 4) is 5.75 Å². The van der Waals surface area contributed by atoms with Crippen molar-refractivity contribution >= 4 is 0 Å². The average molecular weight is 297 g/mol. The Kier molecular flexibility index (Phi) is 4.96. The summed E-state index contributed by atoms with van der Waals surface area (Å²) in [5.74, 6) is 0.0146. The van der Waals surface area contributed by atoms with E-state index < -0.39 is 22.7 Å². The van der Waals surface area contributed by atoms with Crippen LogP contribution in [0.25, 0.3) is 0 Å². The van der Waals surface area contributed by atoms with E-state index in [1.54, 1.807) is 26.0 Å². The molecule has 1 unspecified atom stereocenters. The standard InChI is InChI=1S/C15H23NO5/c1-10-7-13(17)12(14(2,3)18)8-11(10)5-6-15(4,19)9-16(20)21/h7-8,17-19H,5-6,9H2,1-4H3. The third-order valence-corrected chi connectivity index (χ3v) is 3.52. The lowest BCUT2D eigenvalue weighted by Crippen LogP contribution is -2.34. The fourth-order valence-electron chi connectivity index (χ4n) is 2.26. The van der Waals surface area contributed by atoms with Gasteiger partial charge in [0.25, 0.3) is 0 Å². The zero-order chi connectivity index (χ0) is 16.4. The number of rotatable bonds is 6. The molecule has 1 rings (SSSR count). The molecule has 0 aliphatic carbocycles. The lowest BCUT2D eigenvalue weighted by Gasteiger charge is -2.23. The quantitative estimate of drug-likeness (QED) is 0.549. The zero-order valence-corrected chi connectivity index (χ0v) is 12.9. The highest BCUT2D eigenvalue weighted by Crippen LogP contribution is 2.32. The van der Waals surface area contributed by atoms with Crippen molar-refractivity contribution in [2.24, 2.45) is 0 Å². The lowest BCUT2D eigenvalue weighted by molar-refractivity contribution is -0.499. The third-order valence-electron chi connectivity index (χ3n) is 3.52. The van der Waals surface area contributed by atoms with Gasteiger partial charge in [0, 0.05) is 10.5 Å². The van der Waals surface area contributed by atoms with Crippen LogP contribution >= 0.6 is 0 Å². The number of phenols is 1. The molecule has 0 bridgehead atoms. The van der Waals surface area contributed by atoms with Gasteiger partial charge in [0.05, 0.1) is 5.60 Å². The zero-order valence-electron chi connectivity index (χ0n) is 12.9. The van der Waals surface area contributed by atoms with E-state index in [4.69, 9.17) is 0 Å². The first kappa shape index (κ1) is 17.4. The molecular weight excluding hydrogens is 274 g/mol. The maximum absolute atomic E-state index is 10.5. The van der Waals surface area contributed by atoms with Gasteiger partial charge in [-0.15, -0.1) is 0 Å². The van der Waals surface area contributed by atoms with Gasteiger partial charge in [-0.3, -0.25) is 10.1 Å². The maximum Gasteiger partial charge on any atom is 0.231 e. The number of hydrogen-bond donors (Lipinski definition) is 3. The highest BCUT2D eigenvalue weighted by Gasteiger charge is 2.28. The number of aryl methyl sites for hydroxylation is 2. The van der Waals surface area contributed by atoms with E-state index in [1.807, 2.05) is 6.92 Å². The molecule has 0 heterocycles. The van der Waals surface area contributed by atoms with Crippen molar-refractivity contribution in [1.82, 2.24) is 0 Å². The minimum Gasteiger partial charge on any atom is -0.508 e. The van der Waals surface area contributed by atoms with Gasteiger partial charge >= 0.3 is 0 Å². The monoisotopic (exact) mass is 297 g/mol. The molecule has 3 N–H and O–H groups in total. The second-order valence-corrected chi connectivity index (χ2v) is 6.34. The number of aliphatic hydroxyl groups is 2. The SMILES string of the molecule is Cc1cc(O)c(C(C)(C)O)cc1CCC(C)(O)C[N+](=O)[O-]. The second-order valence-electron chi connectivity index (χ2n) is 6.34. The molecule has 118 valence electrons. The molecule has 0 radical (unpaired) electrons. The molecule has 21 heavy (non-hydrogen) atoms. The third kappa shape index (κ3) is 4.99. The largest absolute Gasteiger partial charge is 0.508 e. The molecule has 0 spiro atoms. The first-order chi connectivity index (χ1) is 9.42. The maximum atomic E-state index is 10.5. The first-order valence-corrected chi connectivity index (χ1v) is 6.82. The lowest BCUT2D eigenvalue weighted by atomic mass is 9.89. The molecular formula is C15H23NO5. The fraction of sp³-hybridized carbons (Fsp3) is 0.600. The average Bonchev–Trinajstić information content (AvgIpc) is 2.23. The van der Waals surface area contributed by atoms with Crippen molar-refractivity contribution in [1.29, 1.82) is 0 Å². The summed E-state index contributed by atoms with van der Waals surface area (Å²) < 4.78 is 0. The number of aromatic hydroxyl groups is 1. The Morgan fingerprint density at radius 1 is 1.24 bits per heavy atom. The van der Waals surface area contributed by atoms with Gasteiger partial charge in [0.15, 0.2) is 0 Å². The van der Waals surface area contributed by atoms with E-state index in [2.05, 4.69) is 0 Å². The van der Waals surface area contributed by atoms with E-state index in [9.17, 15) is 25.4 Å². The van der Waals surface area contributed by atoms with Crippen molar-refractivity contribution in [3.05, 3.63) is 38.9 Å². The Bertz CT molecular complexity index is 532. The molecule has 6 heteroatoms. The molecule has 1 aromatic rings. The fourth-order valence-corrected chi connectivity index (χ4v) is 2.26. The number of nitro groups is 1. The molecule has 0 saturated carbocycles. The summed E-state index contributed by atoms with van der Waals surface area (Å²) >= 11 is 0. The first-order valence-electron chi connectivity index (χ1n) is 6.82. The van der Waals surface area contributed by atoms with Gasteiger partial charge in [-0.25, -0.2) is 0 Å². The summed E-state index contributed by atoms with van der Waals surface area (Å²) in [7, 11) is 0. The molecule has 6 nitrogen and oxygen atoms in total. The van der Waals surface area contributed by atoms with Crippen molar-refractivity contribution in [3.63, 3.8) is 0 Å². The summed E-state index contributed by atoms with van der Waals surface area (Å²) in [6.07, 6.45) is 0.654. The Balaban J connectivity index is 2.97. The van der Waals surface area contributed by atoms with Crippen molar-refractivity contribution in [2.45, 2.75) is 51.7 Å². The van der Waals surface area contributed by atoms with Gasteiger partial charge in [0.1, 0.15) is 11.4 Å². The minimum absolute atomic E-state index is 0.0146. The van der Waals surface area contributed by atoms with Gasteiger partial charge in [0.2, 0.25) is 6.54 Å². The molecule has 0 aliphatic rings. The summed E-state index contributed by atoms with van der Waals surface area (Å²) in [6.45, 7) is 5.88. The molecule has 0 aliphatic heterocycles. The van der Waals surface area contributed by atoms with Crippen LogP contribution < -0.4 is 0 Å². The van der Waals surface area contributed by atoms with Gasteiger partial charge < -0.3 is 15.3 Å². The number of hydrogen-bond acceptors (Lipinski definition) is 5. The molecule has 1 aromatic carbocycles. The summed E-state index contributed by atoms with van der Waals surface area (Å²) in [5.41, 5.74) is -0.513. The van der Waals surface area contributed by atoms with Gasteiger partial charge in [-0.2, -0.15) is 0 Å². The van der Waals surface area contributed by atoms with Crippen molar-refractivity contribution in [2.75, 3.05) is 6.54 Å². The van der Waals surface area contributed by atoms with Crippen molar-refractivity contribution < 1.29 is 20.2 Å². The second kappa shape index (κ2) is 5.99. The van der Waals surface area contributed by atoms with E-state index >= 15 is 0 Å². The minimum atomic E-state index is -1.39. The van der Waals surface area contributed by atoms with Crippen LogP contribution in [0.1, 0.15) is 43.9 Å². The summed E-state index contributed by atoms with van der Waals surface area (Å²) in [4.78, 5) is 9.97. The Hall–Kier alpha value is -1.66. The Morgan fingerprint density at radius 3 is 2.29 bits per heavy atom. The molecule has 0 fully saturated rings. The van der Waals surface area contributed by atoms with Crippen LogP contribution in [-0.2, 0) is 12.0 Å². The smallest absolute Gasteiger partial charge is 0.231 e. The highest BCUT2D eigenvalue weighted by atomic mass is 16.6. The van der Waals surface area contributed by atoms with Crippen LogP contribution in [0.3, 0.4) is 0 Å². The summed E-state index contributed by atoms with van der Waals surface area (Å²) in [6, 6.07) is 3.25. The van der Waals surface area contributed by atoms with E-state index in [1.165, 1.54) is 6.92 Å². The van der Waals surface area contributed by atoms with E-state index in [-0.39, 0.29) is 12.2 Å². The highest BCUT2D eigenvalue weighted by molar-refractivity contribution is 5.44. The molecule has 1 atom stereocenters. The van der Waals surface area contributed by atoms with E-state index in [0.717, 1.165) is 11.1 Å². The van der Waals surface area contributed by atoms with E-state index in [0.29, 0.717) is 12.0 Å². The van der Waals surface area contributed by atoms with Crippen LogP contribution in [0.2, 0.25) is 0 Å². The predicted octanol–water partition coefficient (Wildman–Crippen LogP) is 1.89. The summed E-state index contributed by atoms with van der Waals surface area (Å²) in [5, 5.41) is 40.4. The van der Waals surface area contributed by atoms with Crippen LogP contribution in [0.5, 0.6) is 5.75 Å². The van der Waals surface area contributed by atoms with Crippen LogP contribution in [0.15, 0.2) is 12.1 Å². The molecule has 0 amide bonds. The van der Waals surface area contributed by atoms with Crippen LogP contribution in [0, 0.1) is 17.0 Å². The number of phenolic OH excluding ortho intramolecular Hbond substituents is 1. The van der Waals surface area contributed by atoms with Gasteiger partial charge in [-0.05, 0) is 63.8 Å². The Labute approximate surface area is 124 Å². The molecule has 0 saturated heterocycles.